The zero-order valence-corrected chi connectivity index (χ0v) is 8.00. The molecule has 0 unspecified atom stereocenters. The molecule has 0 atom stereocenters. The maximum atomic E-state index is 2.27. The van der Waals surface area contributed by atoms with Gasteiger partial charge in [-0.05, 0) is 24.3 Å². The zero-order chi connectivity index (χ0) is 8.23. The predicted molar refractivity (Wildman–Crippen MR) is 55.9 cm³/mol. The van der Waals surface area contributed by atoms with Crippen LogP contribution in [0.15, 0.2) is 30.3 Å². The Kier molecular flexibility index (Phi) is 3.97. The van der Waals surface area contributed by atoms with Crippen molar-refractivity contribution in [1.29, 1.82) is 0 Å². The molecule has 1 aromatic carbocycles. The van der Waals surface area contributed by atoms with Crippen LogP contribution in [0.5, 0.6) is 0 Å². The molecular weight excluding hydrogens is 160 g/mol. The summed E-state index contributed by atoms with van der Waals surface area (Å²) in [5.41, 5.74) is 1.55. The molecule has 2 rings (SSSR count). The highest BCUT2D eigenvalue weighted by molar-refractivity contribution is 5.19. The van der Waals surface area contributed by atoms with Gasteiger partial charge in [-0.15, -0.1) is 0 Å². The molecule has 0 amide bonds. The lowest BCUT2D eigenvalue weighted by atomic mass is 9.84. The average Bonchev–Trinajstić information content (AvgIpc) is 2.21. The standard InChI is InChI=1S/C12H16.H2O/c1-3-7-11(8-4-1)12-9-5-2-6-10-12;/h1,3-4,7-8,12H,2,5-6,9-10H2;1H2. The topological polar surface area (TPSA) is 31.5 Å². The fourth-order valence-corrected chi connectivity index (χ4v) is 2.16. The van der Waals surface area contributed by atoms with E-state index in [1.54, 1.807) is 5.56 Å². The highest BCUT2D eigenvalue weighted by Gasteiger charge is 2.14. The zero-order valence-electron chi connectivity index (χ0n) is 8.00. The summed E-state index contributed by atoms with van der Waals surface area (Å²) >= 11 is 0. The Balaban J connectivity index is 0.000000845. The Morgan fingerprint density at radius 2 is 1.46 bits per heavy atom. The summed E-state index contributed by atoms with van der Waals surface area (Å²) in [6.07, 6.45) is 7.12. The summed E-state index contributed by atoms with van der Waals surface area (Å²) in [5.74, 6) is 0.861. The van der Waals surface area contributed by atoms with Gasteiger partial charge in [0.25, 0.3) is 0 Å². The summed E-state index contributed by atoms with van der Waals surface area (Å²) in [6, 6.07) is 11.0. The lowest BCUT2D eigenvalue weighted by Crippen LogP contribution is -2.03. The van der Waals surface area contributed by atoms with E-state index in [1.165, 1.54) is 32.1 Å². The number of hydrogen-bond donors (Lipinski definition) is 0. The van der Waals surface area contributed by atoms with Gasteiger partial charge in [-0.3, -0.25) is 0 Å². The molecule has 0 bridgehead atoms. The highest BCUT2D eigenvalue weighted by atomic mass is 16.0. The van der Waals surface area contributed by atoms with Gasteiger partial charge in [0.2, 0.25) is 0 Å². The third-order valence-corrected chi connectivity index (χ3v) is 2.88. The Bertz CT molecular complexity index is 224. The van der Waals surface area contributed by atoms with Gasteiger partial charge in [0.1, 0.15) is 0 Å². The smallest absolute Gasteiger partial charge is 0.0162 e. The first-order chi connectivity index (χ1) is 5.97. The largest absolute Gasteiger partial charge is 0.412 e. The summed E-state index contributed by atoms with van der Waals surface area (Å²) in [6.45, 7) is 0. The molecule has 2 N–H and O–H groups in total. The summed E-state index contributed by atoms with van der Waals surface area (Å²) in [7, 11) is 0. The second kappa shape index (κ2) is 5.03. The number of rotatable bonds is 1. The van der Waals surface area contributed by atoms with Crippen LogP contribution >= 0.6 is 0 Å². The van der Waals surface area contributed by atoms with Crippen molar-refractivity contribution in [2.45, 2.75) is 38.0 Å². The fourth-order valence-electron chi connectivity index (χ4n) is 2.16. The number of hydrogen-bond acceptors (Lipinski definition) is 0. The molecule has 0 saturated heterocycles. The second-order valence-electron chi connectivity index (χ2n) is 3.75. The van der Waals surface area contributed by atoms with Crippen LogP contribution in [0, 0.1) is 0 Å². The Hall–Kier alpha value is -0.820. The lowest BCUT2D eigenvalue weighted by molar-refractivity contribution is 0.443. The molecule has 1 heteroatoms. The van der Waals surface area contributed by atoms with Crippen LogP contribution in [-0.2, 0) is 0 Å². The van der Waals surface area contributed by atoms with E-state index in [-0.39, 0.29) is 5.48 Å². The minimum Gasteiger partial charge on any atom is -0.412 e. The molecule has 72 valence electrons. The molecule has 0 aliphatic heterocycles. The van der Waals surface area contributed by atoms with Crippen molar-refractivity contribution < 1.29 is 5.48 Å². The molecular formula is C12H18O. The molecule has 13 heavy (non-hydrogen) atoms. The minimum atomic E-state index is 0. The van der Waals surface area contributed by atoms with Gasteiger partial charge in [0.05, 0.1) is 0 Å². The minimum absolute atomic E-state index is 0. The average molecular weight is 178 g/mol. The summed E-state index contributed by atoms with van der Waals surface area (Å²) in [4.78, 5) is 0. The van der Waals surface area contributed by atoms with E-state index in [9.17, 15) is 0 Å². The third-order valence-electron chi connectivity index (χ3n) is 2.88. The van der Waals surface area contributed by atoms with E-state index in [1.807, 2.05) is 0 Å². The van der Waals surface area contributed by atoms with Crippen molar-refractivity contribution in [3.05, 3.63) is 35.9 Å². The molecule has 1 aliphatic carbocycles. The predicted octanol–water partition coefficient (Wildman–Crippen LogP) is 2.91. The van der Waals surface area contributed by atoms with Crippen LogP contribution in [0.3, 0.4) is 0 Å². The monoisotopic (exact) mass is 178 g/mol. The Morgan fingerprint density at radius 1 is 0.846 bits per heavy atom. The molecule has 1 aromatic rings. The molecule has 0 aromatic heterocycles. The lowest BCUT2D eigenvalue weighted by Gasteiger charge is -2.21. The normalized spacial score (nSPS) is 17.8. The molecule has 1 aliphatic rings. The van der Waals surface area contributed by atoms with Crippen LogP contribution in [0.25, 0.3) is 0 Å². The molecule has 0 heterocycles. The van der Waals surface area contributed by atoms with Crippen molar-refractivity contribution in [2.75, 3.05) is 0 Å². The first kappa shape index (κ1) is 10.3. The Labute approximate surface area is 80.1 Å². The summed E-state index contributed by atoms with van der Waals surface area (Å²) in [5, 5.41) is 0. The van der Waals surface area contributed by atoms with Crippen molar-refractivity contribution in [2.24, 2.45) is 0 Å². The van der Waals surface area contributed by atoms with Gasteiger partial charge in [-0.25, -0.2) is 0 Å². The maximum Gasteiger partial charge on any atom is -0.0162 e. The van der Waals surface area contributed by atoms with Gasteiger partial charge < -0.3 is 5.48 Å². The van der Waals surface area contributed by atoms with Crippen LogP contribution in [0.4, 0.5) is 0 Å². The van der Waals surface area contributed by atoms with Crippen LogP contribution in [0.2, 0.25) is 0 Å². The van der Waals surface area contributed by atoms with Gasteiger partial charge in [0.15, 0.2) is 0 Å². The highest BCUT2D eigenvalue weighted by Crippen LogP contribution is 2.31. The Morgan fingerprint density at radius 3 is 2.08 bits per heavy atom. The molecule has 1 nitrogen and oxygen atoms in total. The molecule has 0 radical (unpaired) electrons. The molecule has 1 fully saturated rings. The van der Waals surface area contributed by atoms with E-state index in [4.69, 9.17) is 0 Å². The van der Waals surface area contributed by atoms with Crippen LogP contribution in [-0.4, -0.2) is 5.48 Å². The fraction of sp³-hybridized carbons (Fsp3) is 0.500. The van der Waals surface area contributed by atoms with E-state index >= 15 is 0 Å². The quantitative estimate of drug-likeness (QED) is 0.633. The number of benzene rings is 1. The molecule has 0 spiro atoms. The van der Waals surface area contributed by atoms with Gasteiger partial charge in [0, 0.05) is 0 Å². The van der Waals surface area contributed by atoms with E-state index < -0.39 is 0 Å². The summed E-state index contributed by atoms with van der Waals surface area (Å²) < 4.78 is 0. The second-order valence-corrected chi connectivity index (χ2v) is 3.75. The van der Waals surface area contributed by atoms with Crippen molar-refractivity contribution in [3.63, 3.8) is 0 Å². The van der Waals surface area contributed by atoms with E-state index in [2.05, 4.69) is 30.3 Å². The molecule has 1 saturated carbocycles. The van der Waals surface area contributed by atoms with Crippen LogP contribution in [0.1, 0.15) is 43.6 Å². The van der Waals surface area contributed by atoms with Crippen LogP contribution < -0.4 is 0 Å². The van der Waals surface area contributed by atoms with E-state index in [0.29, 0.717) is 0 Å². The van der Waals surface area contributed by atoms with Gasteiger partial charge in [-0.1, -0.05) is 49.6 Å². The third kappa shape index (κ3) is 2.56. The van der Waals surface area contributed by atoms with E-state index in [0.717, 1.165) is 5.92 Å². The first-order valence-electron chi connectivity index (χ1n) is 5.02. The first-order valence-corrected chi connectivity index (χ1v) is 5.02. The van der Waals surface area contributed by atoms with Crippen molar-refractivity contribution in [3.8, 4) is 0 Å². The van der Waals surface area contributed by atoms with Crippen molar-refractivity contribution >= 4 is 0 Å². The SMILES string of the molecule is O.c1ccc(C2CCCCC2)cc1. The van der Waals surface area contributed by atoms with Gasteiger partial charge in [-0.2, -0.15) is 0 Å². The van der Waals surface area contributed by atoms with Gasteiger partial charge >= 0.3 is 0 Å². The van der Waals surface area contributed by atoms with Crippen molar-refractivity contribution in [1.82, 2.24) is 0 Å². The maximum absolute atomic E-state index is 2.27.